The van der Waals surface area contributed by atoms with E-state index in [0.29, 0.717) is 17.8 Å². The van der Waals surface area contributed by atoms with E-state index in [2.05, 4.69) is 39.0 Å². The van der Waals surface area contributed by atoms with Crippen LogP contribution in [0.3, 0.4) is 0 Å². The van der Waals surface area contributed by atoms with Crippen LogP contribution in [0.2, 0.25) is 0 Å². The molecule has 0 heterocycles. The molecule has 0 aromatic heterocycles. The van der Waals surface area contributed by atoms with Crippen LogP contribution in [0.4, 0.5) is 0 Å². The lowest BCUT2D eigenvalue weighted by atomic mass is 9.49. The van der Waals surface area contributed by atoms with Crippen LogP contribution in [0.15, 0.2) is 36.0 Å². The molecule has 0 amide bonds. The highest BCUT2D eigenvalue weighted by molar-refractivity contribution is 6.01. The van der Waals surface area contributed by atoms with Gasteiger partial charge >= 0.3 is 0 Å². The minimum atomic E-state index is -0.485. The standard InChI is InChI=1S/C22H30O2/c1-4-10-22(24)13-9-19-17-6-5-15-14-16(23)7-11-20(15,2)18(17)8-12-21(19,22)3/h5-7,11,14,17-19,24H,4,8-10,12-13H2,1-3H3. The Morgan fingerprint density at radius 1 is 1.17 bits per heavy atom. The molecule has 24 heavy (non-hydrogen) atoms. The first-order chi connectivity index (χ1) is 11.3. The van der Waals surface area contributed by atoms with Gasteiger partial charge in [-0.1, -0.05) is 45.4 Å². The number of rotatable bonds is 2. The Morgan fingerprint density at radius 2 is 1.92 bits per heavy atom. The van der Waals surface area contributed by atoms with Gasteiger partial charge in [-0.05, 0) is 73.0 Å². The quantitative estimate of drug-likeness (QED) is 0.805. The molecule has 4 aliphatic carbocycles. The van der Waals surface area contributed by atoms with Crippen LogP contribution < -0.4 is 0 Å². The Bertz CT molecular complexity index is 657. The molecule has 1 N–H and O–H groups in total. The lowest BCUT2D eigenvalue weighted by molar-refractivity contribution is -0.114. The molecule has 0 aliphatic heterocycles. The third-order valence-electron chi connectivity index (χ3n) is 8.10. The molecule has 2 fully saturated rings. The van der Waals surface area contributed by atoms with Gasteiger partial charge in [-0.15, -0.1) is 0 Å². The molecule has 0 spiro atoms. The molecule has 130 valence electrons. The third-order valence-corrected chi connectivity index (χ3v) is 8.10. The van der Waals surface area contributed by atoms with Crippen LogP contribution in [-0.2, 0) is 4.79 Å². The van der Waals surface area contributed by atoms with E-state index in [4.69, 9.17) is 0 Å². The summed E-state index contributed by atoms with van der Waals surface area (Å²) in [4.78, 5) is 11.8. The van der Waals surface area contributed by atoms with Gasteiger partial charge in [-0.25, -0.2) is 0 Å². The summed E-state index contributed by atoms with van der Waals surface area (Å²) in [7, 11) is 0. The van der Waals surface area contributed by atoms with Crippen LogP contribution >= 0.6 is 0 Å². The Kier molecular flexibility index (Phi) is 3.52. The van der Waals surface area contributed by atoms with Gasteiger partial charge in [0.05, 0.1) is 5.60 Å². The van der Waals surface area contributed by atoms with E-state index >= 15 is 0 Å². The van der Waals surface area contributed by atoms with Gasteiger partial charge in [0, 0.05) is 5.41 Å². The highest BCUT2D eigenvalue weighted by Gasteiger charge is 2.62. The van der Waals surface area contributed by atoms with Crippen LogP contribution in [-0.4, -0.2) is 16.5 Å². The van der Waals surface area contributed by atoms with Gasteiger partial charge in [-0.3, -0.25) is 4.79 Å². The summed E-state index contributed by atoms with van der Waals surface area (Å²) in [6, 6.07) is 0. The van der Waals surface area contributed by atoms with Crippen molar-refractivity contribution in [2.24, 2.45) is 28.6 Å². The number of carbonyl (C=O) groups is 1. The van der Waals surface area contributed by atoms with Gasteiger partial charge in [0.1, 0.15) is 0 Å². The topological polar surface area (TPSA) is 37.3 Å². The summed E-state index contributed by atoms with van der Waals surface area (Å²) < 4.78 is 0. The zero-order valence-corrected chi connectivity index (χ0v) is 15.2. The number of fused-ring (bicyclic) bond motifs is 5. The monoisotopic (exact) mass is 326 g/mol. The summed E-state index contributed by atoms with van der Waals surface area (Å²) in [6.07, 6.45) is 16.6. The fourth-order valence-corrected chi connectivity index (χ4v) is 6.59. The van der Waals surface area contributed by atoms with Crippen molar-refractivity contribution in [2.45, 2.75) is 64.9 Å². The predicted molar refractivity (Wildman–Crippen MR) is 96.4 cm³/mol. The first kappa shape index (κ1) is 16.3. The second kappa shape index (κ2) is 5.17. The zero-order chi connectivity index (χ0) is 17.2. The van der Waals surface area contributed by atoms with Crippen molar-refractivity contribution in [1.82, 2.24) is 0 Å². The largest absolute Gasteiger partial charge is 0.389 e. The molecule has 2 heteroatoms. The number of aliphatic hydroxyl groups is 1. The smallest absolute Gasteiger partial charge is 0.178 e. The maximum atomic E-state index is 11.8. The second-order valence-corrected chi connectivity index (χ2v) is 9.04. The number of carbonyl (C=O) groups excluding carboxylic acids is 1. The lowest BCUT2D eigenvalue weighted by Gasteiger charge is -2.56. The third kappa shape index (κ3) is 1.95. The van der Waals surface area contributed by atoms with Gasteiger partial charge < -0.3 is 5.11 Å². The molecule has 0 radical (unpaired) electrons. The lowest BCUT2D eigenvalue weighted by Crippen LogP contribution is -2.53. The second-order valence-electron chi connectivity index (χ2n) is 9.04. The molecular weight excluding hydrogens is 296 g/mol. The fraction of sp³-hybridized carbons (Fsp3) is 0.682. The minimum Gasteiger partial charge on any atom is -0.389 e. The summed E-state index contributed by atoms with van der Waals surface area (Å²) in [5, 5.41) is 11.4. The number of hydrogen-bond acceptors (Lipinski definition) is 2. The molecule has 0 saturated heterocycles. The molecule has 6 atom stereocenters. The number of ketones is 1. The van der Waals surface area contributed by atoms with Crippen LogP contribution in [0.25, 0.3) is 0 Å². The van der Waals surface area contributed by atoms with Crippen molar-refractivity contribution in [3.8, 4) is 0 Å². The molecule has 6 unspecified atom stereocenters. The van der Waals surface area contributed by atoms with Gasteiger partial charge in [-0.2, -0.15) is 0 Å². The molecule has 2 saturated carbocycles. The van der Waals surface area contributed by atoms with Crippen molar-refractivity contribution in [3.05, 3.63) is 36.0 Å². The van der Waals surface area contributed by atoms with Crippen LogP contribution in [0.5, 0.6) is 0 Å². The molecule has 0 aromatic carbocycles. The van der Waals surface area contributed by atoms with Gasteiger partial charge in [0.15, 0.2) is 5.78 Å². The van der Waals surface area contributed by atoms with Crippen LogP contribution in [0.1, 0.15) is 59.3 Å². The van der Waals surface area contributed by atoms with E-state index < -0.39 is 5.60 Å². The molecule has 4 aliphatic rings. The SMILES string of the molecule is CCCC1(O)CCC2C3C=CC4=CC(=O)C=CC4(C)C3CCC21C. The predicted octanol–water partition coefficient (Wildman–Crippen LogP) is 4.60. The summed E-state index contributed by atoms with van der Waals surface area (Å²) in [5.74, 6) is 1.76. The summed E-state index contributed by atoms with van der Waals surface area (Å²) in [6.45, 7) is 6.83. The van der Waals surface area contributed by atoms with E-state index in [-0.39, 0.29) is 16.6 Å². The average molecular weight is 326 g/mol. The maximum Gasteiger partial charge on any atom is 0.178 e. The number of hydrogen-bond donors (Lipinski definition) is 1. The first-order valence-electron chi connectivity index (χ1n) is 9.70. The average Bonchev–Trinajstić information content (AvgIpc) is 2.80. The number of allylic oxidation sites excluding steroid dienone is 6. The van der Waals surface area contributed by atoms with Crippen molar-refractivity contribution in [2.75, 3.05) is 0 Å². The van der Waals surface area contributed by atoms with E-state index in [1.165, 1.54) is 5.57 Å². The molecule has 0 bridgehead atoms. The zero-order valence-electron chi connectivity index (χ0n) is 15.2. The highest BCUT2D eigenvalue weighted by Crippen LogP contribution is 2.66. The Hall–Kier alpha value is -1.15. The van der Waals surface area contributed by atoms with Gasteiger partial charge in [0.2, 0.25) is 0 Å². The molecular formula is C22H30O2. The van der Waals surface area contributed by atoms with E-state index in [1.54, 1.807) is 6.08 Å². The van der Waals surface area contributed by atoms with Crippen LogP contribution in [0, 0.1) is 28.6 Å². The molecule has 0 aromatic rings. The van der Waals surface area contributed by atoms with Crippen molar-refractivity contribution in [1.29, 1.82) is 0 Å². The highest BCUT2D eigenvalue weighted by atomic mass is 16.3. The first-order valence-corrected chi connectivity index (χ1v) is 9.70. The normalized spacial score (nSPS) is 49.4. The molecule has 2 nitrogen and oxygen atoms in total. The van der Waals surface area contributed by atoms with E-state index in [9.17, 15) is 9.90 Å². The van der Waals surface area contributed by atoms with E-state index in [1.807, 2.05) is 6.08 Å². The minimum absolute atomic E-state index is 0.0138. The summed E-state index contributed by atoms with van der Waals surface area (Å²) in [5.41, 5.74) is 0.725. The Morgan fingerprint density at radius 3 is 2.67 bits per heavy atom. The fourth-order valence-electron chi connectivity index (χ4n) is 6.59. The van der Waals surface area contributed by atoms with E-state index in [0.717, 1.165) is 38.5 Å². The van der Waals surface area contributed by atoms with Gasteiger partial charge in [0.25, 0.3) is 0 Å². The Labute approximate surface area is 145 Å². The van der Waals surface area contributed by atoms with Crippen molar-refractivity contribution >= 4 is 5.78 Å². The molecule has 4 rings (SSSR count). The summed E-state index contributed by atoms with van der Waals surface area (Å²) >= 11 is 0. The maximum absolute atomic E-state index is 11.8. The van der Waals surface area contributed by atoms with Crippen molar-refractivity contribution < 1.29 is 9.90 Å². The van der Waals surface area contributed by atoms with Crippen molar-refractivity contribution in [3.63, 3.8) is 0 Å². The Balaban J connectivity index is 1.72.